The Bertz CT molecular complexity index is 1430. The Balaban J connectivity index is 1.30. The summed E-state index contributed by atoms with van der Waals surface area (Å²) in [6.45, 7) is 3.27. The molecule has 7 nitrogen and oxygen atoms in total. The Kier molecular flexibility index (Phi) is 5.86. The number of hydrogen-bond acceptors (Lipinski definition) is 6. The summed E-state index contributed by atoms with van der Waals surface area (Å²) in [5.74, 6) is 1.62. The topological polar surface area (TPSA) is 77.8 Å². The van der Waals surface area contributed by atoms with Gasteiger partial charge in [-0.05, 0) is 25.1 Å². The Morgan fingerprint density at radius 3 is 2.47 bits per heavy atom. The molecule has 0 amide bonds. The van der Waals surface area contributed by atoms with Gasteiger partial charge in [0.1, 0.15) is 23.7 Å². The lowest BCUT2D eigenvalue weighted by molar-refractivity contribution is 0.416. The van der Waals surface area contributed by atoms with Gasteiger partial charge in [-0.1, -0.05) is 24.3 Å². The number of benzene rings is 2. The molecule has 0 saturated carbocycles. The van der Waals surface area contributed by atoms with E-state index in [2.05, 4.69) is 29.8 Å². The van der Waals surface area contributed by atoms with Crippen molar-refractivity contribution in [3.63, 3.8) is 0 Å². The first-order valence-corrected chi connectivity index (χ1v) is 10.9. The second kappa shape index (κ2) is 9.27. The molecule has 0 aliphatic carbocycles. The van der Waals surface area contributed by atoms with Crippen molar-refractivity contribution in [1.82, 2.24) is 24.5 Å². The Morgan fingerprint density at radius 2 is 1.71 bits per heavy atom. The highest BCUT2D eigenvalue weighted by Crippen LogP contribution is 2.30. The van der Waals surface area contributed by atoms with E-state index >= 15 is 0 Å². The minimum Gasteiger partial charge on any atom is -0.496 e. The third kappa shape index (κ3) is 4.30. The molecule has 1 N–H and O–H groups in total. The Labute approximate surface area is 196 Å². The van der Waals surface area contributed by atoms with E-state index in [9.17, 15) is 4.39 Å². The summed E-state index contributed by atoms with van der Waals surface area (Å²) in [6.07, 6.45) is 5.00. The predicted octanol–water partition coefficient (Wildman–Crippen LogP) is 5.12. The maximum absolute atomic E-state index is 14.1. The zero-order valence-corrected chi connectivity index (χ0v) is 18.9. The minimum absolute atomic E-state index is 0.318. The molecule has 0 fully saturated rings. The van der Waals surface area contributed by atoms with Gasteiger partial charge >= 0.3 is 0 Å². The third-order valence-electron chi connectivity index (χ3n) is 5.69. The average molecular weight is 455 g/mol. The van der Waals surface area contributed by atoms with Crippen molar-refractivity contribution in [1.29, 1.82) is 0 Å². The number of nitrogens with zero attached hydrogens (tertiary/aromatic N) is 5. The average Bonchev–Trinajstić information content (AvgIpc) is 3.19. The highest BCUT2D eigenvalue weighted by atomic mass is 19.1. The van der Waals surface area contributed by atoms with Crippen LogP contribution < -0.4 is 10.1 Å². The van der Waals surface area contributed by atoms with Gasteiger partial charge < -0.3 is 14.6 Å². The molecule has 3 aromatic heterocycles. The van der Waals surface area contributed by atoms with E-state index in [1.54, 1.807) is 31.9 Å². The number of anilines is 1. The van der Waals surface area contributed by atoms with Gasteiger partial charge in [-0.3, -0.25) is 0 Å². The molecule has 170 valence electrons. The Morgan fingerprint density at radius 1 is 0.941 bits per heavy atom. The van der Waals surface area contributed by atoms with E-state index in [0.717, 1.165) is 39.2 Å². The quantitative estimate of drug-likeness (QED) is 0.368. The number of fused-ring (bicyclic) bond motifs is 1. The number of halogens is 1. The monoisotopic (exact) mass is 454 g/mol. The molecular weight excluding hydrogens is 431 g/mol. The van der Waals surface area contributed by atoms with Crippen LogP contribution in [0, 0.1) is 12.7 Å². The molecule has 0 radical (unpaired) electrons. The number of aryl methyl sites for hydroxylation is 1. The van der Waals surface area contributed by atoms with Crippen molar-refractivity contribution in [3.05, 3.63) is 84.8 Å². The van der Waals surface area contributed by atoms with Crippen molar-refractivity contribution in [2.45, 2.75) is 13.5 Å². The molecule has 8 heteroatoms. The van der Waals surface area contributed by atoms with Gasteiger partial charge in [-0.25, -0.2) is 24.3 Å². The lowest BCUT2D eigenvalue weighted by Crippen LogP contribution is -2.12. The van der Waals surface area contributed by atoms with Crippen molar-refractivity contribution >= 4 is 16.7 Å². The molecule has 0 bridgehead atoms. The van der Waals surface area contributed by atoms with E-state index in [1.165, 1.54) is 12.1 Å². The summed E-state index contributed by atoms with van der Waals surface area (Å²) in [5, 5.41) is 4.25. The van der Waals surface area contributed by atoms with Crippen LogP contribution in [0.3, 0.4) is 0 Å². The summed E-state index contributed by atoms with van der Waals surface area (Å²) in [7, 11) is 1.55. The molecule has 0 aliphatic heterocycles. The van der Waals surface area contributed by atoms with Crippen molar-refractivity contribution in [2.75, 3.05) is 19.0 Å². The smallest absolute Gasteiger partial charge is 0.159 e. The molecule has 0 atom stereocenters. The summed E-state index contributed by atoms with van der Waals surface area (Å²) in [4.78, 5) is 17.3. The van der Waals surface area contributed by atoms with Gasteiger partial charge in [0.15, 0.2) is 5.82 Å². The summed E-state index contributed by atoms with van der Waals surface area (Å²) >= 11 is 0. The highest BCUT2D eigenvalue weighted by Gasteiger charge is 2.12. The second-order valence-corrected chi connectivity index (χ2v) is 7.84. The lowest BCUT2D eigenvalue weighted by Gasteiger charge is -2.11. The standard InChI is InChI=1S/C26H23FN6O/c1-17-12-21-23(13-20(27)14-24(21)34-2)33(17)11-10-28-25-15-22(31-16-32-25)18-4-6-19(7-5-18)26-29-8-3-9-30-26/h3-9,12-16H,10-11H2,1-2H3,(H,28,31,32). The molecule has 34 heavy (non-hydrogen) atoms. The first-order chi connectivity index (χ1) is 16.6. The first-order valence-electron chi connectivity index (χ1n) is 10.9. The van der Waals surface area contributed by atoms with E-state index < -0.39 is 0 Å². The number of nitrogens with one attached hydrogen (secondary N) is 1. The van der Waals surface area contributed by atoms with Crippen LogP contribution in [0.2, 0.25) is 0 Å². The predicted molar refractivity (Wildman–Crippen MR) is 130 cm³/mol. The molecule has 0 unspecified atom stereocenters. The van der Waals surface area contributed by atoms with E-state index in [4.69, 9.17) is 4.74 Å². The second-order valence-electron chi connectivity index (χ2n) is 7.84. The first kappa shape index (κ1) is 21.5. The van der Waals surface area contributed by atoms with E-state index in [-0.39, 0.29) is 5.82 Å². The third-order valence-corrected chi connectivity index (χ3v) is 5.69. The van der Waals surface area contributed by atoms with Gasteiger partial charge in [0.05, 0.1) is 18.3 Å². The molecule has 5 aromatic rings. The van der Waals surface area contributed by atoms with Crippen molar-refractivity contribution in [2.24, 2.45) is 0 Å². The number of rotatable bonds is 7. The number of ether oxygens (including phenoxy) is 1. The van der Waals surface area contributed by atoms with Crippen LogP contribution in [-0.4, -0.2) is 38.2 Å². The molecular formula is C26H23FN6O. The molecule has 0 aliphatic rings. The molecule has 5 rings (SSSR count). The minimum atomic E-state index is -0.318. The summed E-state index contributed by atoms with van der Waals surface area (Å²) < 4.78 is 21.5. The van der Waals surface area contributed by atoms with Crippen LogP contribution in [0.25, 0.3) is 33.5 Å². The summed E-state index contributed by atoms with van der Waals surface area (Å²) in [5.41, 5.74) is 4.57. The van der Waals surface area contributed by atoms with Crippen LogP contribution in [-0.2, 0) is 6.54 Å². The van der Waals surface area contributed by atoms with Crippen LogP contribution >= 0.6 is 0 Å². The van der Waals surface area contributed by atoms with Crippen molar-refractivity contribution in [3.8, 4) is 28.4 Å². The van der Waals surface area contributed by atoms with Crippen LogP contribution in [0.15, 0.2) is 73.3 Å². The van der Waals surface area contributed by atoms with Crippen LogP contribution in [0.5, 0.6) is 5.75 Å². The highest BCUT2D eigenvalue weighted by molar-refractivity contribution is 5.87. The normalized spacial score (nSPS) is 11.0. The van der Waals surface area contributed by atoms with Crippen LogP contribution in [0.4, 0.5) is 10.2 Å². The maximum atomic E-state index is 14.1. The van der Waals surface area contributed by atoms with Gasteiger partial charge in [0, 0.05) is 59.8 Å². The van der Waals surface area contributed by atoms with Gasteiger partial charge in [0.25, 0.3) is 0 Å². The zero-order valence-electron chi connectivity index (χ0n) is 18.9. The number of methoxy groups -OCH3 is 1. The number of hydrogen-bond donors (Lipinski definition) is 1. The Hall–Kier alpha value is -4.33. The fourth-order valence-corrected chi connectivity index (χ4v) is 4.04. The van der Waals surface area contributed by atoms with Crippen molar-refractivity contribution < 1.29 is 9.13 Å². The summed E-state index contributed by atoms with van der Waals surface area (Å²) in [6, 6.07) is 16.6. The van der Waals surface area contributed by atoms with Gasteiger partial charge in [-0.15, -0.1) is 0 Å². The fraction of sp³-hybridized carbons (Fsp3) is 0.154. The molecule has 0 spiro atoms. The van der Waals surface area contributed by atoms with Gasteiger partial charge in [-0.2, -0.15) is 0 Å². The molecule has 0 saturated heterocycles. The molecule has 2 aromatic carbocycles. The lowest BCUT2D eigenvalue weighted by atomic mass is 10.1. The maximum Gasteiger partial charge on any atom is 0.159 e. The SMILES string of the molecule is COc1cc(F)cc2c1cc(C)n2CCNc1cc(-c2ccc(-c3ncccn3)cc2)ncn1. The zero-order chi connectivity index (χ0) is 23.5. The fourth-order valence-electron chi connectivity index (χ4n) is 4.04. The van der Waals surface area contributed by atoms with E-state index in [1.807, 2.05) is 43.3 Å². The molecule has 3 heterocycles. The number of aromatic nitrogens is 5. The van der Waals surface area contributed by atoms with Gasteiger partial charge in [0.2, 0.25) is 0 Å². The van der Waals surface area contributed by atoms with E-state index in [0.29, 0.717) is 24.7 Å². The largest absolute Gasteiger partial charge is 0.496 e. The van der Waals surface area contributed by atoms with Crippen LogP contribution in [0.1, 0.15) is 5.69 Å².